The van der Waals surface area contributed by atoms with E-state index in [1.54, 1.807) is 24.3 Å². The lowest BCUT2D eigenvalue weighted by molar-refractivity contribution is -0.122. The number of nitrogens with zero attached hydrogens (tertiary/aromatic N) is 1. The van der Waals surface area contributed by atoms with Gasteiger partial charge < -0.3 is 16.2 Å². The van der Waals surface area contributed by atoms with Crippen molar-refractivity contribution in [2.45, 2.75) is 44.3 Å². The summed E-state index contributed by atoms with van der Waals surface area (Å²) in [7, 11) is 2.10. The highest BCUT2D eigenvalue weighted by Gasteiger charge is 2.29. The molecule has 0 aliphatic heterocycles. The Kier molecular flexibility index (Phi) is 5.20. The van der Waals surface area contributed by atoms with E-state index in [2.05, 4.69) is 24.2 Å². The largest absolute Gasteiger partial charge is 0.508 e. The van der Waals surface area contributed by atoms with E-state index in [-0.39, 0.29) is 11.7 Å². The van der Waals surface area contributed by atoms with Gasteiger partial charge in [-0.15, -0.1) is 0 Å². The number of benzene rings is 1. The third kappa shape index (κ3) is 4.72. The number of hydrogen-bond acceptors (Lipinski definition) is 4. The van der Waals surface area contributed by atoms with Crippen molar-refractivity contribution < 1.29 is 9.90 Å². The molecule has 1 aliphatic rings. The average Bonchev–Trinajstić information content (AvgIpc) is 3.30. The Balaban J connectivity index is 1.75. The van der Waals surface area contributed by atoms with Crippen LogP contribution in [0.3, 0.4) is 0 Å². The number of aromatic hydroxyl groups is 1. The van der Waals surface area contributed by atoms with Crippen molar-refractivity contribution in [3.05, 3.63) is 29.8 Å². The molecule has 0 radical (unpaired) electrons. The van der Waals surface area contributed by atoms with Gasteiger partial charge in [0.2, 0.25) is 5.91 Å². The molecule has 1 aromatic carbocycles. The van der Waals surface area contributed by atoms with Gasteiger partial charge in [-0.25, -0.2) is 0 Å². The van der Waals surface area contributed by atoms with E-state index in [1.165, 1.54) is 12.8 Å². The van der Waals surface area contributed by atoms with Crippen LogP contribution in [0.2, 0.25) is 0 Å². The molecular formula is C16H25N3O2. The first-order chi connectivity index (χ1) is 9.97. The molecule has 1 fully saturated rings. The lowest BCUT2D eigenvalue weighted by Crippen LogP contribution is -2.47. The normalized spacial score (nSPS) is 17.5. The van der Waals surface area contributed by atoms with Gasteiger partial charge in [0.25, 0.3) is 0 Å². The maximum atomic E-state index is 12.0. The summed E-state index contributed by atoms with van der Waals surface area (Å²) < 4.78 is 0. The molecule has 1 aliphatic carbocycles. The summed E-state index contributed by atoms with van der Waals surface area (Å²) in [5, 5.41) is 12.2. The van der Waals surface area contributed by atoms with Crippen LogP contribution < -0.4 is 11.1 Å². The fourth-order valence-corrected chi connectivity index (χ4v) is 2.34. The molecule has 2 atom stereocenters. The number of rotatable bonds is 7. The van der Waals surface area contributed by atoms with E-state index < -0.39 is 6.04 Å². The zero-order valence-corrected chi connectivity index (χ0v) is 12.7. The molecule has 5 heteroatoms. The number of carbonyl (C=O) groups excluding carboxylic acids is 1. The quantitative estimate of drug-likeness (QED) is 0.696. The van der Waals surface area contributed by atoms with Crippen molar-refractivity contribution in [3.8, 4) is 5.75 Å². The second-order valence-electron chi connectivity index (χ2n) is 5.97. The van der Waals surface area contributed by atoms with Crippen molar-refractivity contribution in [2.24, 2.45) is 5.73 Å². The molecule has 5 nitrogen and oxygen atoms in total. The lowest BCUT2D eigenvalue weighted by Gasteiger charge is -2.25. The lowest BCUT2D eigenvalue weighted by atomic mass is 10.1. The number of hydrogen-bond donors (Lipinski definition) is 3. The minimum Gasteiger partial charge on any atom is -0.508 e. The van der Waals surface area contributed by atoms with E-state index in [0.29, 0.717) is 25.0 Å². The minimum absolute atomic E-state index is 0.126. The number of phenols is 1. The highest BCUT2D eigenvalue weighted by atomic mass is 16.3. The average molecular weight is 291 g/mol. The van der Waals surface area contributed by atoms with Crippen LogP contribution in [0.1, 0.15) is 25.3 Å². The first kappa shape index (κ1) is 15.8. The number of phenolic OH excluding ortho intramolecular Hbond substituents is 1. The molecule has 0 spiro atoms. The predicted octanol–water partition coefficient (Wildman–Crippen LogP) is 0.861. The van der Waals surface area contributed by atoms with Crippen LogP contribution in [-0.2, 0) is 11.2 Å². The number of nitrogens with one attached hydrogen (secondary N) is 1. The summed E-state index contributed by atoms with van der Waals surface area (Å²) in [6, 6.07) is 7.22. The van der Waals surface area contributed by atoms with E-state index in [4.69, 9.17) is 5.73 Å². The van der Waals surface area contributed by atoms with Gasteiger partial charge in [-0.3, -0.25) is 9.69 Å². The van der Waals surface area contributed by atoms with E-state index in [0.717, 1.165) is 5.56 Å². The summed E-state index contributed by atoms with van der Waals surface area (Å²) in [4.78, 5) is 14.3. The molecule has 21 heavy (non-hydrogen) atoms. The van der Waals surface area contributed by atoms with Gasteiger partial charge >= 0.3 is 0 Å². The topological polar surface area (TPSA) is 78.6 Å². The number of carbonyl (C=O) groups is 1. The van der Waals surface area contributed by atoms with E-state index >= 15 is 0 Å². The SMILES string of the molecule is CC(CNC(=O)C(N)Cc1ccc(O)cc1)N(C)C1CC1. The summed E-state index contributed by atoms with van der Waals surface area (Å²) in [6.45, 7) is 2.74. The van der Waals surface area contributed by atoms with Crippen LogP contribution >= 0.6 is 0 Å². The summed E-state index contributed by atoms with van der Waals surface area (Å²) in [5.74, 6) is 0.0906. The molecule has 2 unspecified atom stereocenters. The highest BCUT2D eigenvalue weighted by Crippen LogP contribution is 2.26. The Morgan fingerprint density at radius 1 is 1.43 bits per heavy atom. The van der Waals surface area contributed by atoms with Crippen LogP contribution in [0.15, 0.2) is 24.3 Å². The maximum absolute atomic E-state index is 12.0. The Hall–Kier alpha value is -1.59. The van der Waals surface area contributed by atoms with Gasteiger partial charge in [-0.2, -0.15) is 0 Å². The molecule has 0 aromatic heterocycles. The van der Waals surface area contributed by atoms with Gasteiger partial charge in [-0.05, 0) is 50.9 Å². The minimum atomic E-state index is -0.562. The molecule has 0 bridgehead atoms. The van der Waals surface area contributed by atoms with Crippen LogP contribution in [0.4, 0.5) is 0 Å². The van der Waals surface area contributed by atoms with E-state index in [1.807, 2.05) is 0 Å². The zero-order valence-electron chi connectivity index (χ0n) is 12.7. The van der Waals surface area contributed by atoms with Crippen LogP contribution in [0, 0.1) is 0 Å². The Labute approximate surface area is 126 Å². The molecular weight excluding hydrogens is 266 g/mol. The van der Waals surface area contributed by atoms with Gasteiger partial charge in [-0.1, -0.05) is 12.1 Å². The van der Waals surface area contributed by atoms with Gasteiger partial charge in [0, 0.05) is 18.6 Å². The summed E-state index contributed by atoms with van der Waals surface area (Å²) in [5.41, 5.74) is 6.88. The zero-order chi connectivity index (χ0) is 15.4. The first-order valence-electron chi connectivity index (χ1n) is 7.50. The molecule has 1 saturated carbocycles. The molecule has 0 saturated heterocycles. The molecule has 0 heterocycles. The molecule has 4 N–H and O–H groups in total. The van der Waals surface area contributed by atoms with Gasteiger partial charge in [0.15, 0.2) is 0 Å². The first-order valence-corrected chi connectivity index (χ1v) is 7.50. The molecule has 1 aromatic rings. The Morgan fingerprint density at radius 3 is 2.62 bits per heavy atom. The smallest absolute Gasteiger partial charge is 0.237 e. The van der Waals surface area contributed by atoms with Crippen molar-refractivity contribution in [3.63, 3.8) is 0 Å². The van der Waals surface area contributed by atoms with Crippen LogP contribution in [0.25, 0.3) is 0 Å². The Bertz CT molecular complexity index is 471. The summed E-state index contributed by atoms with van der Waals surface area (Å²) in [6.07, 6.45) is 2.99. The third-order valence-corrected chi connectivity index (χ3v) is 4.12. The highest BCUT2D eigenvalue weighted by molar-refractivity contribution is 5.81. The third-order valence-electron chi connectivity index (χ3n) is 4.12. The Morgan fingerprint density at radius 2 is 2.05 bits per heavy atom. The number of amides is 1. The van der Waals surface area contributed by atoms with Crippen molar-refractivity contribution in [2.75, 3.05) is 13.6 Å². The standard InChI is InChI=1S/C16H25N3O2/c1-11(19(2)13-5-6-13)10-18-16(21)15(17)9-12-3-7-14(20)8-4-12/h3-4,7-8,11,13,15,20H,5-6,9-10,17H2,1-2H3,(H,18,21). The number of nitrogens with two attached hydrogens (primary N) is 1. The monoisotopic (exact) mass is 291 g/mol. The fraction of sp³-hybridized carbons (Fsp3) is 0.562. The van der Waals surface area contributed by atoms with Crippen molar-refractivity contribution in [1.29, 1.82) is 0 Å². The van der Waals surface area contributed by atoms with Gasteiger partial charge in [0.05, 0.1) is 6.04 Å². The van der Waals surface area contributed by atoms with Crippen LogP contribution in [-0.4, -0.2) is 47.6 Å². The molecule has 116 valence electrons. The van der Waals surface area contributed by atoms with Crippen molar-refractivity contribution >= 4 is 5.91 Å². The number of likely N-dealkylation sites (N-methyl/N-ethyl adjacent to an activating group) is 1. The predicted molar refractivity (Wildman–Crippen MR) is 83.0 cm³/mol. The fourth-order valence-electron chi connectivity index (χ4n) is 2.34. The molecule has 2 rings (SSSR count). The summed E-state index contributed by atoms with van der Waals surface area (Å²) >= 11 is 0. The van der Waals surface area contributed by atoms with Gasteiger partial charge in [0.1, 0.15) is 5.75 Å². The maximum Gasteiger partial charge on any atom is 0.237 e. The second-order valence-corrected chi connectivity index (χ2v) is 5.97. The van der Waals surface area contributed by atoms with Crippen molar-refractivity contribution in [1.82, 2.24) is 10.2 Å². The second kappa shape index (κ2) is 6.91. The van der Waals surface area contributed by atoms with Crippen LogP contribution in [0.5, 0.6) is 5.75 Å². The van der Waals surface area contributed by atoms with E-state index in [9.17, 15) is 9.90 Å². The molecule has 1 amide bonds.